The smallest absolute Gasteiger partial charge is 0.410 e. The summed E-state index contributed by atoms with van der Waals surface area (Å²) < 4.78 is 5.32. The summed E-state index contributed by atoms with van der Waals surface area (Å²) in [5, 5.41) is 0. The molecule has 22 heavy (non-hydrogen) atoms. The van der Waals surface area contributed by atoms with Gasteiger partial charge < -0.3 is 20.3 Å². The number of amides is 1. The highest BCUT2D eigenvalue weighted by atomic mass is 127. The average Bonchev–Trinajstić information content (AvgIpc) is 3.16. The molecule has 1 fully saturated rings. The summed E-state index contributed by atoms with van der Waals surface area (Å²) in [4.78, 5) is 19.9. The fourth-order valence-electron chi connectivity index (χ4n) is 1.95. The highest BCUT2D eigenvalue weighted by Crippen LogP contribution is 2.24. The van der Waals surface area contributed by atoms with Crippen LogP contribution in [0.3, 0.4) is 0 Å². The average molecular weight is 426 g/mol. The first-order chi connectivity index (χ1) is 9.60. The van der Waals surface area contributed by atoms with Crippen molar-refractivity contribution in [3.8, 4) is 0 Å². The molecular formula is C15H31IN4O2. The molecule has 2 N–H and O–H groups in total. The summed E-state index contributed by atoms with van der Waals surface area (Å²) in [5.74, 6) is 0.818. The number of hydrogen-bond donors (Lipinski definition) is 1. The lowest BCUT2D eigenvalue weighted by Crippen LogP contribution is -2.38. The molecule has 1 atom stereocenters. The lowest BCUT2D eigenvalue weighted by Gasteiger charge is -2.26. The Morgan fingerprint density at radius 1 is 1.36 bits per heavy atom. The largest absolute Gasteiger partial charge is 0.444 e. The molecular weight excluding hydrogens is 395 g/mol. The standard InChI is InChI=1S/C15H30N4O2.HI/c1-11(9-17-13(16)19(6)12-7-8-12)10-18(5)14(20)21-15(2,3)4;/h11-12H,7-10H2,1-6H3,(H2,16,17);1H. The highest BCUT2D eigenvalue weighted by Gasteiger charge is 2.27. The van der Waals surface area contributed by atoms with Gasteiger partial charge in [-0.2, -0.15) is 0 Å². The molecule has 1 aliphatic rings. The minimum absolute atomic E-state index is 0. The van der Waals surface area contributed by atoms with E-state index in [1.54, 1.807) is 11.9 Å². The van der Waals surface area contributed by atoms with Crippen LogP contribution in [-0.4, -0.2) is 60.7 Å². The Morgan fingerprint density at radius 3 is 2.36 bits per heavy atom. The second-order valence-electron chi connectivity index (χ2n) is 7.01. The van der Waals surface area contributed by atoms with Gasteiger partial charge in [0, 0.05) is 33.2 Å². The molecule has 0 spiro atoms. The van der Waals surface area contributed by atoms with E-state index in [9.17, 15) is 4.79 Å². The van der Waals surface area contributed by atoms with Crippen LogP contribution in [0, 0.1) is 5.92 Å². The first-order valence-corrected chi connectivity index (χ1v) is 7.57. The third-order valence-electron chi connectivity index (χ3n) is 3.31. The number of nitrogens with zero attached hydrogens (tertiary/aromatic N) is 3. The Kier molecular flexibility index (Phi) is 8.49. The second-order valence-corrected chi connectivity index (χ2v) is 7.01. The number of carbonyl (C=O) groups excluding carboxylic acids is 1. The van der Waals surface area contributed by atoms with Gasteiger partial charge in [-0.05, 0) is 39.5 Å². The molecule has 0 aromatic heterocycles. The van der Waals surface area contributed by atoms with E-state index < -0.39 is 5.60 Å². The van der Waals surface area contributed by atoms with Gasteiger partial charge in [0.25, 0.3) is 0 Å². The number of nitrogens with two attached hydrogens (primary N) is 1. The predicted octanol–water partition coefficient (Wildman–Crippen LogP) is 2.52. The maximum atomic E-state index is 11.9. The van der Waals surface area contributed by atoms with Crippen LogP contribution in [0.15, 0.2) is 4.99 Å². The van der Waals surface area contributed by atoms with E-state index in [4.69, 9.17) is 10.5 Å². The third kappa shape index (κ3) is 8.05. The minimum Gasteiger partial charge on any atom is -0.444 e. The van der Waals surface area contributed by atoms with E-state index in [1.165, 1.54) is 12.8 Å². The molecule has 7 heteroatoms. The molecule has 6 nitrogen and oxygen atoms in total. The molecule has 0 aliphatic heterocycles. The maximum Gasteiger partial charge on any atom is 0.410 e. The highest BCUT2D eigenvalue weighted by molar-refractivity contribution is 14.0. The van der Waals surface area contributed by atoms with Crippen LogP contribution in [0.5, 0.6) is 0 Å². The molecule has 1 aliphatic carbocycles. The Labute approximate surface area is 151 Å². The van der Waals surface area contributed by atoms with Gasteiger partial charge in [0.2, 0.25) is 0 Å². The summed E-state index contributed by atoms with van der Waals surface area (Å²) in [6.07, 6.45) is 2.09. The molecule has 130 valence electrons. The summed E-state index contributed by atoms with van der Waals surface area (Å²) in [6.45, 7) is 8.84. The summed E-state index contributed by atoms with van der Waals surface area (Å²) in [6, 6.07) is 0.563. The van der Waals surface area contributed by atoms with Crippen LogP contribution in [-0.2, 0) is 4.74 Å². The van der Waals surface area contributed by atoms with Gasteiger partial charge >= 0.3 is 6.09 Å². The zero-order chi connectivity index (χ0) is 16.2. The van der Waals surface area contributed by atoms with Crippen molar-refractivity contribution in [1.29, 1.82) is 0 Å². The molecule has 0 heterocycles. The van der Waals surface area contributed by atoms with Gasteiger partial charge in [-0.3, -0.25) is 4.99 Å². The van der Waals surface area contributed by atoms with Crippen molar-refractivity contribution in [2.45, 2.75) is 52.2 Å². The van der Waals surface area contributed by atoms with E-state index in [0.29, 0.717) is 25.1 Å². The topological polar surface area (TPSA) is 71.2 Å². The Bertz CT molecular complexity index is 391. The number of rotatable bonds is 5. The summed E-state index contributed by atoms with van der Waals surface area (Å²) in [5.41, 5.74) is 5.48. The van der Waals surface area contributed by atoms with Crippen molar-refractivity contribution in [3.05, 3.63) is 0 Å². The first-order valence-electron chi connectivity index (χ1n) is 7.57. The SMILES string of the molecule is CC(CN=C(N)N(C)C1CC1)CN(C)C(=O)OC(C)(C)C.I. The van der Waals surface area contributed by atoms with E-state index in [2.05, 4.69) is 11.9 Å². The van der Waals surface area contributed by atoms with Crippen molar-refractivity contribution in [2.75, 3.05) is 27.2 Å². The quantitative estimate of drug-likeness (QED) is 0.417. The van der Waals surface area contributed by atoms with Crippen LogP contribution in [0.2, 0.25) is 0 Å². The van der Waals surface area contributed by atoms with Crippen molar-refractivity contribution in [3.63, 3.8) is 0 Å². The van der Waals surface area contributed by atoms with Crippen LogP contribution in [0.1, 0.15) is 40.5 Å². The number of carbonyl (C=O) groups is 1. The van der Waals surface area contributed by atoms with E-state index >= 15 is 0 Å². The van der Waals surface area contributed by atoms with Gasteiger partial charge in [0.1, 0.15) is 5.60 Å². The van der Waals surface area contributed by atoms with Gasteiger partial charge in [-0.15, -0.1) is 24.0 Å². The van der Waals surface area contributed by atoms with E-state index in [-0.39, 0.29) is 36.0 Å². The molecule has 1 unspecified atom stereocenters. The monoisotopic (exact) mass is 426 g/mol. The zero-order valence-corrected chi connectivity index (χ0v) is 17.0. The second kappa shape index (κ2) is 8.79. The van der Waals surface area contributed by atoms with Crippen LogP contribution < -0.4 is 5.73 Å². The molecule has 0 radical (unpaired) electrons. The van der Waals surface area contributed by atoms with Crippen molar-refractivity contribution in [2.24, 2.45) is 16.6 Å². The molecule has 1 rings (SSSR count). The fourth-order valence-corrected chi connectivity index (χ4v) is 1.95. The fraction of sp³-hybridized carbons (Fsp3) is 0.867. The van der Waals surface area contributed by atoms with Crippen LogP contribution in [0.25, 0.3) is 0 Å². The van der Waals surface area contributed by atoms with Crippen molar-refractivity contribution >= 4 is 36.0 Å². The number of guanidine groups is 1. The number of halogens is 1. The summed E-state index contributed by atoms with van der Waals surface area (Å²) in [7, 11) is 3.72. The molecule has 1 saturated carbocycles. The third-order valence-corrected chi connectivity index (χ3v) is 3.31. The summed E-state index contributed by atoms with van der Waals surface area (Å²) >= 11 is 0. The van der Waals surface area contributed by atoms with Crippen molar-refractivity contribution in [1.82, 2.24) is 9.80 Å². The van der Waals surface area contributed by atoms with E-state index in [1.807, 2.05) is 32.7 Å². The number of hydrogen-bond acceptors (Lipinski definition) is 3. The molecule has 0 aromatic carbocycles. The predicted molar refractivity (Wildman–Crippen MR) is 101 cm³/mol. The number of aliphatic imine (C=N–C) groups is 1. The normalized spacial score (nSPS) is 16.5. The minimum atomic E-state index is -0.468. The van der Waals surface area contributed by atoms with Gasteiger partial charge in [-0.1, -0.05) is 6.92 Å². The molecule has 1 amide bonds. The molecule has 0 saturated heterocycles. The molecule has 0 aromatic rings. The zero-order valence-electron chi connectivity index (χ0n) is 14.6. The Morgan fingerprint density at radius 2 is 1.91 bits per heavy atom. The van der Waals surface area contributed by atoms with Gasteiger partial charge in [0.15, 0.2) is 5.96 Å². The van der Waals surface area contributed by atoms with Crippen LogP contribution >= 0.6 is 24.0 Å². The van der Waals surface area contributed by atoms with E-state index in [0.717, 1.165) is 0 Å². The van der Waals surface area contributed by atoms with Crippen molar-refractivity contribution < 1.29 is 9.53 Å². The van der Waals surface area contributed by atoms with Gasteiger partial charge in [-0.25, -0.2) is 4.79 Å². The lowest BCUT2D eigenvalue weighted by atomic mass is 10.2. The Hall–Kier alpha value is -0.730. The lowest BCUT2D eigenvalue weighted by molar-refractivity contribution is 0.0279. The molecule has 0 bridgehead atoms. The van der Waals surface area contributed by atoms with Gasteiger partial charge in [0.05, 0.1) is 0 Å². The van der Waals surface area contributed by atoms with Crippen LogP contribution in [0.4, 0.5) is 4.79 Å². The number of ether oxygens (including phenoxy) is 1. The Balaban J connectivity index is 0.00000441. The first kappa shape index (κ1) is 21.3. The maximum absolute atomic E-state index is 11.9.